The van der Waals surface area contributed by atoms with E-state index in [0.717, 1.165) is 12.3 Å². The highest BCUT2D eigenvalue weighted by Gasteiger charge is 2.16. The first kappa shape index (κ1) is 14.2. The molecule has 0 saturated carbocycles. The minimum Gasteiger partial charge on any atom is -0.279 e. The molecule has 1 heterocycles. The zero-order chi connectivity index (χ0) is 14.8. The van der Waals surface area contributed by atoms with Gasteiger partial charge in [0.2, 0.25) is 0 Å². The molecule has 0 fully saturated rings. The molecule has 1 aromatic carbocycles. The molecule has 2 aromatic rings. The van der Waals surface area contributed by atoms with E-state index in [0.29, 0.717) is 0 Å². The van der Waals surface area contributed by atoms with Gasteiger partial charge in [-0.3, -0.25) is 14.8 Å². The summed E-state index contributed by atoms with van der Waals surface area (Å²) in [4.78, 5) is 13.6. The Morgan fingerprint density at radius 3 is 2.60 bits per heavy atom. The van der Waals surface area contributed by atoms with Gasteiger partial charge >= 0.3 is 0 Å². The normalized spacial score (nSPS) is 11.1. The van der Waals surface area contributed by atoms with Crippen LogP contribution in [0.15, 0.2) is 47.5 Å². The maximum absolute atomic E-state index is 12.0. The average molecular weight is 314 g/mol. The number of anilines is 1. The largest absolute Gasteiger partial charge is 0.279 e. The second-order valence-corrected chi connectivity index (χ2v) is 5.80. The van der Waals surface area contributed by atoms with Crippen molar-refractivity contribution >= 4 is 33.0 Å². The summed E-state index contributed by atoms with van der Waals surface area (Å²) in [6, 6.07) is 7.81. The van der Waals surface area contributed by atoms with Gasteiger partial charge in [0.1, 0.15) is 10.0 Å². The van der Waals surface area contributed by atoms with Crippen LogP contribution in [0.4, 0.5) is 11.4 Å². The van der Waals surface area contributed by atoms with E-state index >= 15 is 0 Å². The summed E-state index contributed by atoms with van der Waals surface area (Å²) in [7, 11) is -3.87. The van der Waals surface area contributed by atoms with Crippen LogP contribution in [0.1, 0.15) is 0 Å². The summed E-state index contributed by atoms with van der Waals surface area (Å²) in [5.74, 6) is 0. The maximum Gasteiger partial charge on any atom is 0.271 e. The van der Waals surface area contributed by atoms with Crippen molar-refractivity contribution in [2.24, 2.45) is 0 Å². The van der Waals surface area contributed by atoms with Crippen LogP contribution in [0, 0.1) is 10.1 Å². The molecule has 0 radical (unpaired) electrons. The van der Waals surface area contributed by atoms with Crippen LogP contribution >= 0.6 is 11.6 Å². The first-order chi connectivity index (χ1) is 9.38. The lowest BCUT2D eigenvalue weighted by Gasteiger charge is -2.07. The van der Waals surface area contributed by atoms with E-state index in [1.54, 1.807) is 0 Å². The fraction of sp³-hybridized carbons (Fsp3) is 0. The molecule has 0 bridgehead atoms. The van der Waals surface area contributed by atoms with Gasteiger partial charge in [0.05, 0.1) is 10.6 Å². The fourth-order valence-corrected chi connectivity index (χ4v) is 2.52. The number of nitro groups is 1. The Hall–Kier alpha value is -2.19. The maximum atomic E-state index is 12.0. The third-order valence-corrected chi connectivity index (χ3v) is 3.91. The van der Waals surface area contributed by atoms with E-state index in [-0.39, 0.29) is 21.4 Å². The minimum absolute atomic E-state index is 0.0894. The zero-order valence-corrected chi connectivity index (χ0v) is 11.4. The molecule has 104 valence electrons. The summed E-state index contributed by atoms with van der Waals surface area (Å²) in [6.07, 6.45) is 1.10. The Balaban J connectivity index is 2.31. The Kier molecular flexibility index (Phi) is 3.86. The highest BCUT2D eigenvalue weighted by atomic mass is 35.5. The monoisotopic (exact) mass is 313 g/mol. The van der Waals surface area contributed by atoms with E-state index < -0.39 is 14.9 Å². The van der Waals surface area contributed by atoms with Crippen molar-refractivity contribution in [2.45, 2.75) is 4.90 Å². The molecule has 1 N–H and O–H groups in total. The van der Waals surface area contributed by atoms with Crippen molar-refractivity contribution < 1.29 is 13.3 Å². The number of nitro benzene ring substituents is 1. The van der Waals surface area contributed by atoms with Gasteiger partial charge in [-0.25, -0.2) is 13.4 Å². The molecule has 0 aliphatic carbocycles. The minimum atomic E-state index is -3.87. The highest BCUT2D eigenvalue weighted by molar-refractivity contribution is 7.92. The quantitative estimate of drug-likeness (QED) is 0.530. The second kappa shape index (κ2) is 5.43. The van der Waals surface area contributed by atoms with Crippen molar-refractivity contribution in [1.82, 2.24) is 4.98 Å². The standard InChI is InChI=1S/C11H8ClN3O4S/c12-11-5-4-10(7-13-11)20(18,19)14-8-2-1-3-9(6-8)15(16)17/h1-7,14H. The number of pyridine rings is 1. The molecule has 20 heavy (non-hydrogen) atoms. The zero-order valence-electron chi connectivity index (χ0n) is 9.86. The molecule has 2 rings (SSSR count). The van der Waals surface area contributed by atoms with Gasteiger partial charge in [-0.1, -0.05) is 17.7 Å². The Morgan fingerprint density at radius 1 is 1.25 bits per heavy atom. The molecule has 9 heteroatoms. The van der Waals surface area contributed by atoms with Crippen LogP contribution in [-0.2, 0) is 10.0 Å². The van der Waals surface area contributed by atoms with Crippen molar-refractivity contribution in [3.63, 3.8) is 0 Å². The molecule has 0 unspecified atom stereocenters. The lowest BCUT2D eigenvalue weighted by atomic mass is 10.3. The van der Waals surface area contributed by atoms with Crippen molar-refractivity contribution in [3.8, 4) is 0 Å². The van der Waals surface area contributed by atoms with Crippen LogP contribution in [-0.4, -0.2) is 18.3 Å². The van der Waals surface area contributed by atoms with Crippen LogP contribution in [0.2, 0.25) is 5.15 Å². The number of nitrogens with one attached hydrogen (secondary N) is 1. The fourth-order valence-electron chi connectivity index (χ4n) is 1.42. The average Bonchev–Trinajstić information content (AvgIpc) is 2.39. The number of rotatable bonds is 4. The third kappa shape index (κ3) is 3.22. The van der Waals surface area contributed by atoms with E-state index in [9.17, 15) is 18.5 Å². The lowest BCUT2D eigenvalue weighted by Crippen LogP contribution is -2.13. The molecule has 0 amide bonds. The molecule has 0 spiro atoms. The number of hydrogen-bond donors (Lipinski definition) is 1. The number of aromatic nitrogens is 1. The summed E-state index contributed by atoms with van der Waals surface area (Å²) < 4.78 is 26.3. The third-order valence-electron chi connectivity index (χ3n) is 2.32. The molecule has 0 saturated heterocycles. The lowest BCUT2D eigenvalue weighted by molar-refractivity contribution is -0.384. The van der Waals surface area contributed by atoms with E-state index in [1.807, 2.05) is 0 Å². The van der Waals surface area contributed by atoms with Gasteiger partial charge in [-0.15, -0.1) is 0 Å². The smallest absolute Gasteiger partial charge is 0.271 e. The van der Waals surface area contributed by atoms with E-state index in [1.165, 1.54) is 30.3 Å². The summed E-state index contributed by atoms with van der Waals surface area (Å²) in [5.41, 5.74) is -0.117. The molecule has 7 nitrogen and oxygen atoms in total. The van der Waals surface area contributed by atoms with Crippen LogP contribution in [0.5, 0.6) is 0 Å². The van der Waals surface area contributed by atoms with Gasteiger partial charge < -0.3 is 0 Å². The van der Waals surface area contributed by atoms with Crippen LogP contribution in [0.3, 0.4) is 0 Å². The van der Waals surface area contributed by atoms with Crippen molar-refractivity contribution in [2.75, 3.05) is 4.72 Å². The predicted octanol–water partition coefficient (Wildman–Crippen LogP) is 2.44. The van der Waals surface area contributed by atoms with Gasteiger partial charge in [-0.2, -0.15) is 0 Å². The number of sulfonamides is 1. The van der Waals surface area contributed by atoms with E-state index in [2.05, 4.69) is 9.71 Å². The topological polar surface area (TPSA) is 102 Å². The summed E-state index contributed by atoms with van der Waals surface area (Å²) >= 11 is 5.58. The second-order valence-electron chi connectivity index (χ2n) is 3.73. The predicted molar refractivity (Wildman–Crippen MR) is 73.2 cm³/mol. The highest BCUT2D eigenvalue weighted by Crippen LogP contribution is 2.20. The molecular formula is C11H8ClN3O4S. The first-order valence-electron chi connectivity index (χ1n) is 5.27. The number of benzene rings is 1. The van der Waals surface area contributed by atoms with Crippen molar-refractivity contribution in [3.05, 3.63) is 57.9 Å². The van der Waals surface area contributed by atoms with Crippen LogP contribution in [0.25, 0.3) is 0 Å². The molecule has 0 aliphatic rings. The van der Waals surface area contributed by atoms with Crippen LogP contribution < -0.4 is 4.72 Å². The number of nitrogens with zero attached hydrogens (tertiary/aromatic N) is 2. The van der Waals surface area contributed by atoms with Crippen molar-refractivity contribution in [1.29, 1.82) is 0 Å². The van der Waals surface area contributed by atoms with Gasteiger partial charge in [0.25, 0.3) is 15.7 Å². The molecule has 0 atom stereocenters. The molecule has 1 aromatic heterocycles. The number of hydrogen-bond acceptors (Lipinski definition) is 5. The number of non-ortho nitro benzene ring substituents is 1. The molecular weight excluding hydrogens is 306 g/mol. The van der Waals surface area contributed by atoms with Gasteiger partial charge in [0.15, 0.2) is 0 Å². The summed E-state index contributed by atoms with van der Waals surface area (Å²) in [6.45, 7) is 0. The Morgan fingerprint density at radius 2 is 2.00 bits per heavy atom. The first-order valence-corrected chi connectivity index (χ1v) is 7.13. The number of halogens is 1. The molecule has 0 aliphatic heterocycles. The van der Waals surface area contributed by atoms with E-state index in [4.69, 9.17) is 11.6 Å². The SMILES string of the molecule is O=[N+]([O-])c1cccc(NS(=O)(=O)c2ccc(Cl)nc2)c1. The Labute approximate surface area is 119 Å². The summed E-state index contributed by atoms with van der Waals surface area (Å²) in [5, 5.41) is 10.8. The van der Waals surface area contributed by atoms with Gasteiger partial charge in [-0.05, 0) is 18.2 Å². The van der Waals surface area contributed by atoms with Gasteiger partial charge in [0, 0.05) is 18.3 Å². The Bertz CT molecular complexity index is 747.